The fourth-order valence-corrected chi connectivity index (χ4v) is 3.82. The van der Waals surface area contributed by atoms with Crippen molar-refractivity contribution in [3.05, 3.63) is 59.6 Å². The highest BCUT2D eigenvalue weighted by atomic mass is 32.2. The summed E-state index contributed by atoms with van der Waals surface area (Å²) >= 11 is 1.47. The van der Waals surface area contributed by atoms with Crippen molar-refractivity contribution in [2.45, 2.75) is 11.4 Å². The van der Waals surface area contributed by atoms with E-state index in [0.29, 0.717) is 12.2 Å². The summed E-state index contributed by atoms with van der Waals surface area (Å²) in [5.41, 5.74) is 1.55. The lowest BCUT2D eigenvalue weighted by Gasteiger charge is -2.00. The monoisotopic (exact) mass is 333 g/mol. The van der Waals surface area contributed by atoms with Gasteiger partial charge in [-0.25, -0.2) is 13.1 Å². The molecule has 5 nitrogen and oxygen atoms in total. The van der Waals surface area contributed by atoms with Crippen LogP contribution in [0, 0.1) is 0 Å². The lowest BCUT2D eigenvalue weighted by molar-refractivity contribution is 0.588. The van der Waals surface area contributed by atoms with Crippen LogP contribution in [0.4, 0.5) is 0 Å². The van der Waals surface area contributed by atoms with Crippen molar-refractivity contribution < 1.29 is 8.42 Å². The second-order valence-corrected chi connectivity index (χ2v) is 7.51. The molecule has 0 amide bonds. The van der Waals surface area contributed by atoms with Crippen LogP contribution in [-0.4, -0.2) is 25.2 Å². The minimum Gasteiger partial charge on any atom is -0.266 e. The summed E-state index contributed by atoms with van der Waals surface area (Å²) in [6.45, 7) is 0.526. The third-order valence-corrected chi connectivity index (χ3v) is 5.52. The Morgan fingerprint density at radius 3 is 2.59 bits per heavy atom. The Balaban J connectivity index is 2.05. The summed E-state index contributed by atoms with van der Waals surface area (Å²) in [5.74, 6) is 0. The second kappa shape index (κ2) is 6.04. The molecule has 2 heterocycles. The quantitative estimate of drug-likeness (QED) is 0.780. The maximum absolute atomic E-state index is 12.2. The Labute approximate surface area is 133 Å². The molecule has 22 heavy (non-hydrogen) atoms. The smallest absolute Gasteiger partial charge is 0.244 e. The molecule has 3 rings (SSSR count). The lowest BCUT2D eigenvalue weighted by atomic mass is 10.2. The average molecular weight is 333 g/mol. The summed E-state index contributed by atoms with van der Waals surface area (Å²) in [7, 11) is -2.15. The molecule has 0 atom stereocenters. The molecule has 0 aliphatic heterocycles. The molecule has 0 aliphatic rings. The highest BCUT2D eigenvalue weighted by molar-refractivity contribution is 7.89. The molecular formula is C15H15N3O2S2. The maximum atomic E-state index is 12.2. The molecule has 0 aliphatic carbocycles. The fourth-order valence-electron chi connectivity index (χ4n) is 2.15. The molecule has 0 bridgehead atoms. The first-order valence-electron chi connectivity index (χ1n) is 6.69. The summed E-state index contributed by atoms with van der Waals surface area (Å²) in [6, 6.07) is 13.6. The molecule has 3 aromatic rings. The number of aromatic nitrogens is 2. The minimum absolute atomic E-state index is 0.202. The number of rotatable bonds is 5. The van der Waals surface area contributed by atoms with E-state index < -0.39 is 10.0 Å². The third-order valence-electron chi connectivity index (χ3n) is 3.23. The number of sulfonamides is 1. The first kappa shape index (κ1) is 15.0. The summed E-state index contributed by atoms with van der Waals surface area (Å²) in [4.78, 5) is 1.04. The van der Waals surface area contributed by atoms with Crippen molar-refractivity contribution in [3.8, 4) is 10.6 Å². The molecule has 7 heteroatoms. The number of nitrogens with zero attached hydrogens (tertiary/aromatic N) is 2. The van der Waals surface area contributed by atoms with Gasteiger partial charge in [-0.2, -0.15) is 5.10 Å². The van der Waals surface area contributed by atoms with E-state index >= 15 is 0 Å². The van der Waals surface area contributed by atoms with Gasteiger partial charge in [0.15, 0.2) is 0 Å². The Morgan fingerprint density at radius 2 is 1.95 bits per heavy atom. The zero-order valence-electron chi connectivity index (χ0n) is 11.9. The van der Waals surface area contributed by atoms with Crippen LogP contribution < -0.4 is 4.72 Å². The second-order valence-electron chi connectivity index (χ2n) is 4.71. The Kier molecular flexibility index (Phi) is 4.10. The van der Waals surface area contributed by atoms with Crippen molar-refractivity contribution >= 4 is 21.4 Å². The third kappa shape index (κ3) is 2.96. The molecule has 0 radical (unpaired) electrons. The molecule has 0 saturated carbocycles. The Hall–Kier alpha value is -1.96. The van der Waals surface area contributed by atoms with Gasteiger partial charge in [0.2, 0.25) is 10.0 Å². The number of nitrogens with one attached hydrogen (secondary N) is 1. The van der Waals surface area contributed by atoms with E-state index in [2.05, 4.69) is 9.82 Å². The normalized spacial score (nSPS) is 11.7. The number of hydrogen-bond donors (Lipinski definition) is 1. The van der Waals surface area contributed by atoms with Gasteiger partial charge in [0, 0.05) is 6.20 Å². The van der Waals surface area contributed by atoms with E-state index in [0.717, 1.165) is 10.4 Å². The molecule has 0 fully saturated rings. The van der Waals surface area contributed by atoms with E-state index in [9.17, 15) is 8.42 Å². The zero-order chi connectivity index (χ0) is 15.6. The zero-order valence-corrected chi connectivity index (χ0v) is 13.6. The Bertz CT molecular complexity index is 854. The van der Waals surface area contributed by atoms with Gasteiger partial charge in [0.1, 0.15) is 10.6 Å². The molecule has 1 aromatic carbocycles. The standard InChI is InChI=1S/C15H15N3O2S2/c1-16-22(19,20)14-11-18(10-12-6-3-2-4-7-12)17-15(14)13-8-5-9-21-13/h2-9,11,16H,10H2,1H3. The van der Waals surface area contributed by atoms with Gasteiger partial charge >= 0.3 is 0 Å². The number of hydrogen-bond acceptors (Lipinski definition) is 4. The highest BCUT2D eigenvalue weighted by Crippen LogP contribution is 2.29. The molecule has 0 unspecified atom stereocenters. The topological polar surface area (TPSA) is 64.0 Å². The van der Waals surface area contributed by atoms with E-state index in [-0.39, 0.29) is 4.90 Å². The van der Waals surface area contributed by atoms with Gasteiger partial charge in [-0.05, 0) is 24.1 Å². The van der Waals surface area contributed by atoms with Crippen molar-refractivity contribution in [3.63, 3.8) is 0 Å². The summed E-state index contributed by atoms with van der Waals surface area (Å²) in [6.07, 6.45) is 1.58. The van der Waals surface area contributed by atoms with Gasteiger partial charge < -0.3 is 0 Å². The fraction of sp³-hybridized carbons (Fsp3) is 0.133. The summed E-state index contributed by atoms with van der Waals surface area (Å²) in [5, 5.41) is 6.37. The molecule has 2 aromatic heterocycles. The maximum Gasteiger partial charge on any atom is 0.244 e. The van der Waals surface area contributed by atoms with Crippen LogP contribution in [0.2, 0.25) is 0 Å². The van der Waals surface area contributed by atoms with Crippen molar-refractivity contribution in [2.75, 3.05) is 7.05 Å². The van der Waals surface area contributed by atoms with E-state index in [4.69, 9.17) is 0 Å². The molecule has 1 N–H and O–H groups in total. The first-order valence-corrected chi connectivity index (χ1v) is 9.05. The van der Waals surface area contributed by atoms with Crippen LogP contribution in [0.15, 0.2) is 58.9 Å². The predicted octanol–water partition coefficient (Wildman–Crippen LogP) is 2.57. The summed E-state index contributed by atoms with van der Waals surface area (Å²) < 4.78 is 28.5. The van der Waals surface area contributed by atoms with E-state index in [1.165, 1.54) is 18.4 Å². The SMILES string of the molecule is CNS(=O)(=O)c1cn(Cc2ccccc2)nc1-c1cccs1. The predicted molar refractivity (Wildman–Crippen MR) is 87.3 cm³/mol. The molecular weight excluding hydrogens is 318 g/mol. The van der Waals surface area contributed by atoms with Gasteiger partial charge in [0.25, 0.3) is 0 Å². The van der Waals surface area contributed by atoms with Crippen molar-refractivity contribution in [1.29, 1.82) is 0 Å². The van der Waals surface area contributed by atoms with Gasteiger partial charge in [0.05, 0.1) is 11.4 Å². The molecule has 0 spiro atoms. The van der Waals surface area contributed by atoms with Crippen LogP contribution in [0.25, 0.3) is 10.6 Å². The van der Waals surface area contributed by atoms with Crippen LogP contribution in [0.3, 0.4) is 0 Å². The van der Waals surface area contributed by atoms with E-state index in [1.54, 1.807) is 10.9 Å². The van der Waals surface area contributed by atoms with Gasteiger partial charge in [-0.3, -0.25) is 4.68 Å². The first-order chi connectivity index (χ1) is 10.6. The van der Waals surface area contributed by atoms with Crippen LogP contribution in [0.5, 0.6) is 0 Å². The van der Waals surface area contributed by atoms with Crippen molar-refractivity contribution in [2.24, 2.45) is 0 Å². The van der Waals surface area contributed by atoms with Gasteiger partial charge in [-0.1, -0.05) is 36.4 Å². The van der Waals surface area contributed by atoms with Crippen LogP contribution in [-0.2, 0) is 16.6 Å². The average Bonchev–Trinajstić information content (AvgIpc) is 3.17. The molecule has 114 valence electrons. The highest BCUT2D eigenvalue weighted by Gasteiger charge is 2.22. The number of benzene rings is 1. The minimum atomic E-state index is -3.55. The van der Waals surface area contributed by atoms with E-state index in [1.807, 2.05) is 47.8 Å². The lowest BCUT2D eigenvalue weighted by Crippen LogP contribution is -2.18. The Morgan fingerprint density at radius 1 is 1.18 bits per heavy atom. The number of thiophene rings is 1. The largest absolute Gasteiger partial charge is 0.266 e. The van der Waals surface area contributed by atoms with Crippen LogP contribution >= 0.6 is 11.3 Å². The van der Waals surface area contributed by atoms with Crippen molar-refractivity contribution in [1.82, 2.24) is 14.5 Å². The van der Waals surface area contributed by atoms with Gasteiger partial charge in [-0.15, -0.1) is 11.3 Å². The molecule has 0 saturated heterocycles. The van der Waals surface area contributed by atoms with Crippen LogP contribution in [0.1, 0.15) is 5.56 Å².